The molecule has 0 bridgehead atoms. The van der Waals surface area contributed by atoms with Gasteiger partial charge in [0, 0.05) is 0 Å². The second-order valence-corrected chi connectivity index (χ2v) is 4.38. The Morgan fingerprint density at radius 3 is 3.17 bits per heavy atom. The average Bonchev–Trinajstić information content (AvgIpc) is 2.96. The summed E-state index contributed by atoms with van der Waals surface area (Å²) in [6.45, 7) is 3.88. The average molecular weight is 264 g/mol. The van der Waals surface area contributed by atoms with Crippen LogP contribution in [-0.4, -0.2) is 23.8 Å². The van der Waals surface area contributed by atoms with Gasteiger partial charge in [-0.3, -0.25) is 0 Å². The van der Waals surface area contributed by atoms with E-state index in [0.717, 1.165) is 0 Å². The molecule has 0 aliphatic heterocycles. The molecule has 0 aromatic carbocycles. The molecule has 2 rings (SSSR count). The zero-order valence-electron chi connectivity index (χ0n) is 10.0. The third kappa shape index (κ3) is 2.84. The third-order valence-electron chi connectivity index (χ3n) is 2.09. The molecule has 0 aliphatic carbocycles. The van der Waals surface area contributed by atoms with Crippen molar-refractivity contribution >= 4 is 28.7 Å². The number of aryl methyl sites for hydroxylation is 1. The lowest BCUT2D eigenvalue weighted by molar-refractivity contribution is 0.0531. The summed E-state index contributed by atoms with van der Waals surface area (Å²) in [5.74, 6) is 0.285. The van der Waals surface area contributed by atoms with Crippen LogP contribution in [0.3, 0.4) is 0 Å². The lowest BCUT2D eigenvalue weighted by Gasteiger charge is -1.97. The largest absolute Gasteiger partial charge is 0.463 e. The number of ether oxygens (including phenoxy) is 1. The fourth-order valence-electron chi connectivity index (χ4n) is 1.31. The normalized spacial score (nSPS) is 11.0. The van der Waals surface area contributed by atoms with Crippen LogP contribution in [0.4, 0.5) is 5.13 Å². The first-order valence-electron chi connectivity index (χ1n) is 5.43. The van der Waals surface area contributed by atoms with Gasteiger partial charge in [0.15, 0.2) is 0 Å². The van der Waals surface area contributed by atoms with E-state index in [2.05, 4.69) is 9.98 Å². The molecule has 0 amide bonds. The van der Waals surface area contributed by atoms with E-state index >= 15 is 0 Å². The van der Waals surface area contributed by atoms with Crippen molar-refractivity contribution in [1.82, 2.24) is 4.98 Å². The van der Waals surface area contributed by atoms with Gasteiger partial charge in [0.25, 0.3) is 0 Å². The Morgan fingerprint density at radius 2 is 2.50 bits per heavy atom. The molecule has 18 heavy (non-hydrogen) atoms. The standard InChI is InChI=1S/C12H12N2O3S/c1-3-16-11(15)10-8(2)14-12(18-10)13-7-9-5-4-6-17-9/h4-7H,3H2,1-2H3/b13-7+. The quantitative estimate of drug-likeness (QED) is 0.629. The molecule has 0 N–H and O–H groups in total. The summed E-state index contributed by atoms with van der Waals surface area (Å²) in [7, 11) is 0. The monoisotopic (exact) mass is 264 g/mol. The second-order valence-electron chi connectivity index (χ2n) is 3.41. The van der Waals surface area contributed by atoms with E-state index in [0.29, 0.717) is 28.1 Å². The number of rotatable bonds is 4. The highest BCUT2D eigenvalue weighted by Crippen LogP contribution is 2.25. The van der Waals surface area contributed by atoms with Crippen LogP contribution in [0.15, 0.2) is 27.8 Å². The Morgan fingerprint density at radius 1 is 1.67 bits per heavy atom. The van der Waals surface area contributed by atoms with E-state index in [1.807, 2.05) is 0 Å². The molecular weight excluding hydrogens is 252 g/mol. The lowest BCUT2D eigenvalue weighted by atomic mass is 10.4. The summed E-state index contributed by atoms with van der Waals surface area (Å²) in [6.07, 6.45) is 3.13. The van der Waals surface area contributed by atoms with Gasteiger partial charge in [0.1, 0.15) is 10.6 Å². The van der Waals surface area contributed by atoms with E-state index in [-0.39, 0.29) is 5.97 Å². The maximum Gasteiger partial charge on any atom is 0.350 e. The highest BCUT2D eigenvalue weighted by molar-refractivity contribution is 7.17. The zero-order chi connectivity index (χ0) is 13.0. The molecule has 0 saturated carbocycles. The SMILES string of the molecule is CCOC(=O)c1sc(/N=C/c2ccco2)nc1C. The molecule has 0 spiro atoms. The number of esters is 1. The third-order valence-corrected chi connectivity index (χ3v) is 3.14. The van der Waals surface area contributed by atoms with E-state index < -0.39 is 0 Å². The Labute approximate surface area is 108 Å². The highest BCUT2D eigenvalue weighted by Gasteiger charge is 2.15. The Balaban J connectivity index is 2.16. The summed E-state index contributed by atoms with van der Waals surface area (Å²) < 4.78 is 10.0. The molecule has 0 saturated heterocycles. The first-order valence-corrected chi connectivity index (χ1v) is 6.24. The second kappa shape index (κ2) is 5.59. The van der Waals surface area contributed by atoms with Crippen LogP contribution >= 0.6 is 11.3 Å². The topological polar surface area (TPSA) is 64.7 Å². The Kier molecular flexibility index (Phi) is 3.88. The number of furan rings is 1. The maximum absolute atomic E-state index is 11.6. The molecule has 0 fully saturated rings. The minimum Gasteiger partial charge on any atom is -0.463 e. The van der Waals surface area contributed by atoms with Crippen molar-refractivity contribution in [2.45, 2.75) is 13.8 Å². The molecule has 0 radical (unpaired) electrons. The number of hydrogen-bond donors (Lipinski definition) is 0. The molecule has 2 aromatic rings. The van der Waals surface area contributed by atoms with E-state index in [4.69, 9.17) is 9.15 Å². The minimum atomic E-state index is -0.355. The summed E-state index contributed by atoms with van der Waals surface area (Å²) in [4.78, 5) is 20.4. The van der Waals surface area contributed by atoms with Gasteiger partial charge in [-0.15, -0.1) is 0 Å². The summed E-state index contributed by atoms with van der Waals surface area (Å²) in [5, 5.41) is 0.506. The van der Waals surface area contributed by atoms with Gasteiger partial charge in [-0.05, 0) is 26.0 Å². The molecular formula is C12H12N2O3S. The molecule has 0 atom stereocenters. The van der Waals surface area contributed by atoms with Crippen LogP contribution in [0.1, 0.15) is 28.0 Å². The van der Waals surface area contributed by atoms with Crippen LogP contribution in [0.5, 0.6) is 0 Å². The van der Waals surface area contributed by atoms with E-state index in [1.165, 1.54) is 11.3 Å². The fraction of sp³-hybridized carbons (Fsp3) is 0.250. The van der Waals surface area contributed by atoms with Crippen molar-refractivity contribution in [2.75, 3.05) is 6.61 Å². The van der Waals surface area contributed by atoms with Gasteiger partial charge in [-0.2, -0.15) is 0 Å². The number of aliphatic imine (C=N–C) groups is 1. The van der Waals surface area contributed by atoms with Crippen LogP contribution in [-0.2, 0) is 4.74 Å². The first-order chi connectivity index (χ1) is 8.70. The van der Waals surface area contributed by atoms with Crippen LogP contribution < -0.4 is 0 Å². The highest BCUT2D eigenvalue weighted by atomic mass is 32.1. The summed E-state index contributed by atoms with van der Waals surface area (Å²) >= 11 is 1.20. The molecule has 0 unspecified atom stereocenters. The number of nitrogens with zero attached hydrogens (tertiary/aromatic N) is 2. The van der Waals surface area contributed by atoms with Crippen LogP contribution in [0, 0.1) is 6.92 Å². The maximum atomic E-state index is 11.6. The molecule has 2 aromatic heterocycles. The van der Waals surface area contributed by atoms with Gasteiger partial charge in [0.05, 0.1) is 24.8 Å². The van der Waals surface area contributed by atoms with Gasteiger partial charge in [-0.1, -0.05) is 11.3 Å². The van der Waals surface area contributed by atoms with Crippen molar-refractivity contribution < 1.29 is 13.9 Å². The number of thiazole rings is 1. The molecule has 6 heteroatoms. The van der Waals surface area contributed by atoms with Crippen molar-refractivity contribution in [1.29, 1.82) is 0 Å². The molecule has 5 nitrogen and oxygen atoms in total. The summed E-state index contributed by atoms with van der Waals surface area (Å²) in [5.41, 5.74) is 0.630. The van der Waals surface area contributed by atoms with E-state index in [1.54, 1.807) is 38.5 Å². The fourth-order valence-corrected chi connectivity index (χ4v) is 2.11. The lowest BCUT2D eigenvalue weighted by Crippen LogP contribution is -2.03. The van der Waals surface area contributed by atoms with Gasteiger partial charge < -0.3 is 9.15 Å². The van der Waals surface area contributed by atoms with Crippen molar-refractivity contribution in [3.8, 4) is 0 Å². The predicted molar refractivity (Wildman–Crippen MR) is 68.8 cm³/mol. The van der Waals surface area contributed by atoms with Crippen molar-refractivity contribution in [3.63, 3.8) is 0 Å². The molecule has 2 heterocycles. The van der Waals surface area contributed by atoms with Crippen LogP contribution in [0.2, 0.25) is 0 Å². The molecule has 94 valence electrons. The van der Waals surface area contributed by atoms with Crippen LogP contribution in [0.25, 0.3) is 0 Å². The van der Waals surface area contributed by atoms with Crippen molar-refractivity contribution in [2.24, 2.45) is 4.99 Å². The predicted octanol–water partition coefficient (Wildman–Crippen LogP) is 2.97. The first kappa shape index (κ1) is 12.5. The van der Waals surface area contributed by atoms with Gasteiger partial charge >= 0.3 is 5.97 Å². The number of carbonyl (C=O) groups is 1. The zero-order valence-corrected chi connectivity index (χ0v) is 10.9. The number of carbonyl (C=O) groups excluding carboxylic acids is 1. The Bertz CT molecular complexity index is 558. The van der Waals surface area contributed by atoms with Crippen molar-refractivity contribution in [3.05, 3.63) is 34.7 Å². The Hall–Kier alpha value is -1.95. The molecule has 0 aliphatic rings. The number of aromatic nitrogens is 1. The minimum absolute atomic E-state index is 0.348. The van der Waals surface area contributed by atoms with E-state index in [9.17, 15) is 4.79 Å². The smallest absolute Gasteiger partial charge is 0.350 e. The summed E-state index contributed by atoms with van der Waals surface area (Å²) in [6, 6.07) is 3.56. The van der Waals surface area contributed by atoms with Gasteiger partial charge in [0.2, 0.25) is 5.13 Å². The van der Waals surface area contributed by atoms with Gasteiger partial charge in [-0.25, -0.2) is 14.8 Å². The number of hydrogen-bond acceptors (Lipinski definition) is 6.